The van der Waals surface area contributed by atoms with E-state index in [1.54, 1.807) is 36.4 Å². The Balaban J connectivity index is 1.59. The number of carbonyl (C=O) groups excluding carboxylic acids is 1. The van der Waals surface area contributed by atoms with Crippen LogP contribution in [0.2, 0.25) is 0 Å². The van der Waals surface area contributed by atoms with Gasteiger partial charge in [0.15, 0.2) is 11.6 Å². The number of aliphatic hydroxyl groups excluding tert-OH is 1. The smallest absolute Gasteiger partial charge is 0.248 e. The summed E-state index contributed by atoms with van der Waals surface area (Å²) in [6.45, 7) is -0.0913. The minimum atomic E-state index is -0.950. The quantitative estimate of drug-likeness (QED) is 0.652. The van der Waals surface area contributed by atoms with Gasteiger partial charge >= 0.3 is 0 Å². The number of aliphatic hydroxyl groups is 1. The third-order valence-electron chi connectivity index (χ3n) is 3.52. The summed E-state index contributed by atoms with van der Waals surface area (Å²) < 4.78 is 18.7. The van der Waals surface area contributed by atoms with E-state index in [4.69, 9.17) is 10.5 Å². The maximum Gasteiger partial charge on any atom is 0.248 e. The van der Waals surface area contributed by atoms with Crippen molar-refractivity contribution in [3.8, 4) is 17.1 Å². The molecule has 0 saturated heterocycles. The van der Waals surface area contributed by atoms with E-state index >= 15 is 0 Å². The first-order valence-corrected chi connectivity index (χ1v) is 7.76. The molecule has 1 heterocycles. The molecule has 3 N–H and O–H groups in total. The number of hydrogen-bond donors (Lipinski definition) is 2. The van der Waals surface area contributed by atoms with E-state index in [0.29, 0.717) is 17.0 Å². The number of tetrazole rings is 1. The van der Waals surface area contributed by atoms with Crippen LogP contribution < -0.4 is 10.5 Å². The standard InChI is InChI=1S/C17H16FN5O3/c18-14-3-1-2-4-15(14)26-10-13(24)9-23-21-17(20-22-23)12-7-5-11(6-8-12)16(19)25/h1-8,13,24H,9-10H2,(H2,19,25)/t13-/m0/s1. The summed E-state index contributed by atoms with van der Waals surface area (Å²) in [5.74, 6) is -0.622. The van der Waals surface area contributed by atoms with Crippen molar-refractivity contribution in [2.45, 2.75) is 12.6 Å². The van der Waals surface area contributed by atoms with Gasteiger partial charge in [0.25, 0.3) is 0 Å². The van der Waals surface area contributed by atoms with Crippen LogP contribution in [0.25, 0.3) is 11.4 Å². The number of rotatable bonds is 7. The second kappa shape index (κ2) is 7.70. The zero-order valence-electron chi connectivity index (χ0n) is 13.6. The highest BCUT2D eigenvalue weighted by atomic mass is 19.1. The van der Waals surface area contributed by atoms with Gasteiger partial charge in [-0.25, -0.2) is 4.39 Å². The van der Waals surface area contributed by atoms with Crippen LogP contribution in [-0.4, -0.2) is 43.9 Å². The largest absolute Gasteiger partial charge is 0.488 e. The highest BCUT2D eigenvalue weighted by molar-refractivity contribution is 5.93. The molecular weight excluding hydrogens is 341 g/mol. The van der Waals surface area contributed by atoms with Gasteiger partial charge < -0.3 is 15.6 Å². The fourth-order valence-corrected chi connectivity index (χ4v) is 2.21. The summed E-state index contributed by atoms with van der Waals surface area (Å²) in [6.07, 6.45) is -0.950. The maximum atomic E-state index is 13.5. The van der Waals surface area contributed by atoms with Gasteiger partial charge in [-0.1, -0.05) is 24.3 Å². The van der Waals surface area contributed by atoms with E-state index in [1.165, 1.54) is 16.9 Å². The van der Waals surface area contributed by atoms with Crippen LogP contribution in [0.5, 0.6) is 5.75 Å². The summed E-state index contributed by atoms with van der Waals surface area (Å²) >= 11 is 0. The molecule has 1 atom stereocenters. The number of primary amides is 1. The van der Waals surface area contributed by atoms with Gasteiger partial charge in [-0.2, -0.15) is 4.80 Å². The molecule has 0 aliphatic rings. The van der Waals surface area contributed by atoms with Crippen molar-refractivity contribution in [1.82, 2.24) is 20.2 Å². The van der Waals surface area contributed by atoms with Crippen LogP contribution in [0.1, 0.15) is 10.4 Å². The van der Waals surface area contributed by atoms with Crippen LogP contribution >= 0.6 is 0 Å². The Morgan fingerprint density at radius 3 is 2.65 bits per heavy atom. The lowest BCUT2D eigenvalue weighted by atomic mass is 10.1. The first kappa shape index (κ1) is 17.5. The van der Waals surface area contributed by atoms with Gasteiger partial charge in [0.05, 0.1) is 6.54 Å². The molecular formula is C17H16FN5O3. The van der Waals surface area contributed by atoms with Crippen molar-refractivity contribution in [3.05, 3.63) is 59.9 Å². The van der Waals surface area contributed by atoms with Crippen molar-refractivity contribution in [2.24, 2.45) is 5.73 Å². The van der Waals surface area contributed by atoms with Crippen LogP contribution in [0.3, 0.4) is 0 Å². The van der Waals surface area contributed by atoms with E-state index in [1.807, 2.05) is 0 Å². The number of amides is 1. The van der Waals surface area contributed by atoms with Crippen molar-refractivity contribution < 1.29 is 19.0 Å². The molecule has 3 aromatic rings. The monoisotopic (exact) mass is 357 g/mol. The van der Waals surface area contributed by atoms with Gasteiger partial charge in [0.2, 0.25) is 11.7 Å². The first-order chi connectivity index (χ1) is 12.5. The number of ether oxygens (including phenoxy) is 1. The van der Waals surface area contributed by atoms with Gasteiger partial charge in [0, 0.05) is 11.1 Å². The molecule has 1 aromatic heterocycles. The Morgan fingerprint density at radius 1 is 1.23 bits per heavy atom. The second-order valence-corrected chi connectivity index (χ2v) is 5.50. The number of para-hydroxylation sites is 1. The predicted molar refractivity (Wildman–Crippen MR) is 89.7 cm³/mol. The molecule has 26 heavy (non-hydrogen) atoms. The Hall–Kier alpha value is -3.33. The number of aromatic nitrogens is 4. The number of hydrogen-bond acceptors (Lipinski definition) is 6. The van der Waals surface area contributed by atoms with Crippen molar-refractivity contribution in [1.29, 1.82) is 0 Å². The average molecular weight is 357 g/mol. The predicted octanol–water partition coefficient (Wildman–Crippen LogP) is 1.02. The summed E-state index contributed by atoms with van der Waals surface area (Å²) in [6, 6.07) is 12.4. The van der Waals surface area contributed by atoms with E-state index in [2.05, 4.69) is 15.4 Å². The van der Waals surface area contributed by atoms with Crippen molar-refractivity contribution in [2.75, 3.05) is 6.61 Å². The Kier molecular flexibility index (Phi) is 5.18. The number of carbonyl (C=O) groups is 1. The molecule has 0 aliphatic heterocycles. The summed E-state index contributed by atoms with van der Waals surface area (Å²) in [4.78, 5) is 12.3. The Bertz CT molecular complexity index is 897. The molecule has 1 amide bonds. The molecule has 0 fully saturated rings. The van der Waals surface area contributed by atoms with Crippen molar-refractivity contribution in [3.63, 3.8) is 0 Å². The lowest BCUT2D eigenvalue weighted by Crippen LogP contribution is -2.25. The highest BCUT2D eigenvalue weighted by Crippen LogP contribution is 2.16. The van der Waals surface area contributed by atoms with Gasteiger partial charge in [-0.3, -0.25) is 4.79 Å². The minimum Gasteiger partial charge on any atom is -0.488 e. The van der Waals surface area contributed by atoms with Gasteiger partial charge in [-0.05, 0) is 29.5 Å². The number of benzene rings is 2. The van der Waals surface area contributed by atoms with E-state index < -0.39 is 17.8 Å². The van der Waals surface area contributed by atoms with E-state index in [9.17, 15) is 14.3 Å². The Morgan fingerprint density at radius 2 is 1.96 bits per heavy atom. The molecule has 9 heteroatoms. The highest BCUT2D eigenvalue weighted by Gasteiger charge is 2.12. The number of nitrogens with two attached hydrogens (primary N) is 1. The number of nitrogens with zero attached hydrogens (tertiary/aromatic N) is 4. The summed E-state index contributed by atoms with van der Waals surface area (Å²) in [7, 11) is 0. The lowest BCUT2D eigenvalue weighted by Gasteiger charge is -2.11. The second-order valence-electron chi connectivity index (χ2n) is 5.50. The first-order valence-electron chi connectivity index (χ1n) is 7.76. The fourth-order valence-electron chi connectivity index (χ4n) is 2.21. The molecule has 3 rings (SSSR count). The zero-order chi connectivity index (χ0) is 18.5. The zero-order valence-corrected chi connectivity index (χ0v) is 13.6. The van der Waals surface area contributed by atoms with Gasteiger partial charge in [0.1, 0.15) is 12.7 Å². The molecule has 0 bridgehead atoms. The molecule has 2 aromatic carbocycles. The third-order valence-corrected chi connectivity index (χ3v) is 3.52. The van der Waals surface area contributed by atoms with E-state index in [-0.39, 0.29) is 18.9 Å². The van der Waals surface area contributed by atoms with Gasteiger partial charge in [-0.15, -0.1) is 10.2 Å². The molecule has 0 unspecified atom stereocenters. The average Bonchev–Trinajstić information content (AvgIpc) is 3.09. The third kappa shape index (κ3) is 4.19. The topological polar surface area (TPSA) is 116 Å². The molecule has 134 valence electrons. The van der Waals surface area contributed by atoms with Crippen molar-refractivity contribution >= 4 is 5.91 Å². The molecule has 0 spiro atoms. The molecule has 8 nitrogen and oxygen atoms in total. The molecule has 0 saturated carbocycles. The normalized spacial score (nSPS) is 11.9. The molecule has 0 radical (unpaired) electrons. The van der Waals surface area contributed by atoms with E-state index in [0.717, 1.165) is 0 Å². The minimum absolute atomic E-state index is 0.0286. The summed E-state index contributed by atoms with van der Waals surface area (Å²) in [5, 5.41) is 21.9. The van der Waals surface area contributed by atoms with Crippen LogP contribution in [0.15, 0.2) is 48.5 Å². The van der Waals surface area contributed by atoms with Crippen LogP contribution in [0.4, 0.5) is 4.39 Å². The maximum absolute atomic E-state index is 13.5. The fraction of sp³-hybridized carbons (Fsp3) is 0.176. The Labute approximate surface area is 148 Å². The lowest BCUT2D eigenvalue weighted by molar-refractivity contribution is 0.0831. The summed E-state index contributed by atoms with van der Waals surface area (Å²) in [5.41, 5.74) is 6.22. The number of halogens is 1. The SMILES string of the molecule is NC(=O)c1ccc(-c2nnn(C[C@H](O)COc3ccccc3F)n2)cc1. The van der Waals surface area contributed by atoms with Crippen LogP contribution in [0, 0.1) is 5.82 Å². The molecule has 0 aliphatic carbocycles. The van der Waals surface area contributed by atoms with Crippen LogP contribution in [-0.2, 0) is 6.54 Å².